The first-order chi connectivity index (χ1) is 15.8. The Hall–Kier alpha value is -4.01. The summed E-state index contributed by atoms with van der Waals surface area (Å²) in [5, 5.41) is 3.88. The second kappa shape index (κ2) is 8.85. The fraction of sp³-hybridized carbons (Fsp3) is 0.0833. The molecule has 1 aliphatic rings. The summed E-state index contributed by atoms with van der Waals surface area (Å²) in [6.07, 6.45) is 1.40. The van der Waals surface area contributed by atoms with Crippen LogP contribution in [0.2, 0.25) is 0 Å². The van der Waals surface area contributed by atoms with Crippen molar-refractivity contribution in [3.05, 3.63) is 100 Å². The molecule has 33 heavy (non-hydrogen) atoms. The third kappa shape index (κ3) is 4.21. The number of hydrogen-bond donors (Lipinski definition) is 0. The van der Waals surface area contributed by atoms with Crippen LogP contribution in [-0.2, 0) is 11.4 Å². The average Bonchev–Trinajstić information content (AvgIpc) is 3.10. The van der Waals surface area contributed by atoms with Crippen molar-refractivity contribution in [3.8, 4) is 5.75 Å². The van der Waals surface area contributed by atoms with Crippen molar-refractivity contribution in [1.82, 2.24) is 0 Å². The van der Waals surface area contributed by atoms with Gasteiger partial charge in [0, 0.05) is 0 Å². The van der Waals surface area contributed by atoms with E-state index < -0.39 is 40.7 Å². The second-order valence-electron chi connectivity index (χ2n) is 7.12. The molecule has 0 aliphatic carbocycles. The zero-order valence-electron chi connectivity index (χ0n) is 17.1. The number of anilines is 1. The van der Waals surface area contributed by atoms with Gasteiger partial charge in [-0.3, -0.25) is 4.79 Å². The van der Waals surface area contributed by atoms with Gasteiger partial charge in [-0.15, -0.1) is 0 Å². The molecule has 1 amide bonds. The molecule has 0 saturated carbocycles. The predicted molar refractivity (Wildman–Crippen MR) is 112 cm³/mol. The minimum Gasteiger partial charge on any atom is -0.489 e. The SMILES string of the molecule is CC1=NN(c2c(F)c(F)c(F)c(F)c2F)C(=O)/C1=C/c1ccc(OCc2ccccc2)cc1. The van der Waals surface area contributed by atoms with Gasteiger partial charge in [0.2, 0.25) is 5.82 Å². The lowest BCUT2D eigenvalue weighted by molar-refractivity contribution is -0.114. The minimum absolute atomic E-state index is 0.0494. The number of amides is 1. The van der Waals surface area contributed by atoms with Crippen LogP contribution in [-0.4, -0.2) is 11.6 Å². The summed E-state index contributed by atoms with van der Waals surface area (Å²) in [6, 6.07) is 16.2. The normalized spacial score (nSPS) is 14.7. The largest absolute Gasteiger partial charge is 0.489 e. The minimum atomic E-state index is -2.31. The number of carbonyl (C=O) groups is 1. The van der Waals surface area contributed by atoms with E-state index in [0.717, 1.165) is 5.56 Å². The van der Waals surface area contributed by atoms with Gasteiger partial charge < -0.3 is 4.74 Å². The Bertz CT molecular complexity index is 1260. The molecular weight excluding hydrogens is 443 g/mol. The number of nitrogens with zero attached hydrogens (tertiary/aromatic N) is 2. The van der Waals surface area contributed by atoms with Gasteiger partial charge in [-0.2, -0.15) is 10.1 Å². The number of hydrazone groups is 1. The van der Waals surface area contributed by atoms with Crippen molar-refractivity contribution in [2.24, 2.45) is 5.10 Å². The zero-order chi connectivity index (χ0) is 23.7. The third-order valence-electron chi connectivity index (χ3n) is 4.90. The molecule has 3 aromatic carbocycles. The first kappa shape index (κ1) is 22.2. The van der Waals surface area contributed by atoms with E-state index in [1.54, 1.807) is 24.3 Å². The van der Waals surface area contributed by atoms with Gasteiger partial charge in [-0.25, -0.2) is 22.0 Å². The smallest absolute Gasteiger partial charge is 0.280 e. The molecule has 4 rings (SSSR count). The summed E-state index contributed by atoms with van der Waals surface area (Å²) >= 11 is 0. The molecule has 1 heterocycles. The van der Waals surface area contributed by atoms with Crippen LogP contribution < -0.4 is 9.75 Å². The molecule has 0 fully saturated rings. The molecule has 0 unspecified atom stereocenters. The van der Waals surface area contributed by atoms with E-state index >= 15 is 0 Å². The van der Waals surface area contributed by atoms with E-state index in [4.69, 9.17) is 4.74 Å². The predicted octanol–water partition coefficient (Wildman–Crippen LogP) is 5.77. The lowest BCUT2D eigenvalue weighted by atomic mass is 10.1. The highest BCUT2D eigenvalue weighted by atomic mass is 19.2. The molecule has 0 spiro atoms. The summed E-state index contributed by atoms with van der Waals surface area (Å²) in [7, 11) is 0. The zero-order valence-corrected chi connectivity index (χ0v) is 17.1. The number of rotatable bonds is 5. The maximum absolute atomic E-state index is 14.1. The molecule has 0 radical (unpaired) electrons. The first-order valence-electron chi connectivity index (χ1n) is 9.68. The van der Waals surface area contributed by atoms with Gasteiger partial charge >= 0.3 is 0 Å². The number of ether oxygens (including phenoxy) is 1. The summed E-state index contributed by atoms with van der Waals surface area (Å²) in [4.78, 5) is 12.7. The highest BCUT2D eigenvalue weighted by molar-refractivity contribution is 6.32. The van der Waals surface area contributed by atoms with E-state index in [-0.39, 0.29) is 16.3 Å². The topological polar surface area (TPSA) is 41.9 Å². The highest BCUT2D eigenvalue weighted by Gasteiger charge is 2.36. The average molecular weight is 458 g/mol. The van der Waals surface area contributed by atoms with Gasteiger partial charge in [-0.1, -0.05) is 42.5 Å². The molecular formula is C24H15F5N2O2. The molecule has 0 saturated heterocycles. The van der Waals surface area contributed by atoms with Crippen LogP contribution >= 0.6 is 0 Å². The van der Waals surface area contributed by atoms with Gasteiger partial charge in [0.25, 0.3) is 5.91 Å². The second-order valence-corrected chi connectivity index (χ2v) is 7.12. The van der Waals surface area contributed by atoms with Gasteiger partial charge in [0.15, 0.2) is 23.3 Å². The van der Waals surface area contributed by atoms with Crippen molar-refractivity contribution in [2.45, 2.75) is 13.5 Å². The maximum atomic E-state index is 14.1. The van der Waals surface area contributed by atoms with Crippen molar-refractivity contribution in [3.63, 3.8) is 0 Å². The van der Waals surface area contributed by atoms with Crippen LogP contribution in [0.1, 0.15) is 18.1 Å². The molecule has 0 bridgehead atoms. The molecule has 3 aromatic rings. The summed E-state index contributed by atoms with van der Waals surface area (Å²) < 4.78 is 74.4. The van der Waals surface area contributed by atoms with Crippen molar-refractivity contribution < 1.29 is 31.5 Å². The molecule has 168 valence electrons. The van der Waals surface area contributed by atoms with Crippen molar-refractivity contribution in [2.75, 3.05) is 5.01 Å². The Labute approximate surface area is 185 Å². The van der Waals surface area contributed by atoms with E-state index in [1.165, 1.54) is 13.0 Å². The lowest BCUT2D eigenvalue weighted by Crippen LogP contribution is -2.25. The number of halogens is 5. The standard InChI is InChI=1S/C24H15F5N2O2/c1-13-17(11-14-7-9-16(10-8-14)33-12-15-5-3-2-4-6-15)24(32)31(30-13)23-21(28)19(26)18(25)20(27)22(23)29/h2-11H,12H2,1H3/b17-11+. The number of hydrogen-bond acceptors (Lipinski definition) is 3. The molecule has 0 aromatic heterocycles. The van der Waals surface area contributed by atoms with Crippen molar-refractivity contribution in [1.29, 1.82) is 0 Å². The summed E-state index contributed by atoms with van der Waals surface area (Å²) in [5.41, 5.74) is 0.0913. The fourth-order valence-corrected chi connectivity index (χ4v) is 3.18. The molecule has 1 aliphatic heterocycles. The Morgan fingerprint density at radius 2 is 1.42 bits per heavy atom. The quantitative estimate of drug-likeness (QED) is 0.211. The molecule has 0 N–H and O–H groups in total. The van der Waals surface area contributed by atoms with Crippen LogP contribution in [0, 0.1) is 29.1 Å². The Balaban J connectivity index is 1.56. The fourth-order valence-electron chi connectivity index (χ4n) is 3.18. The lowest BCUT2D eigenvalue weighted by Gasteiger charge is -2.15. The summed E-state index contributed by atoms with van der Waals surface area (Å²) in [5.74, 6) is -11.4. The first-order valence-corrected chi connectivity index (χ1v) is 9.68. The van der Waals surface area contributed by atoms with Crippen LogP contribution in [0.25, 0.3) is 6.08 Å². The van der Waals surface area contributed by atoms with Crippen molar-refractivity contribution >= 4 is 23.4 Å². The summed E-state index contributed by atoms with van der Waals surface area (Å²) in [6.45, 7) is 1.75. The maximum Gasteiger partial charge on any atom is 0.280 e. The monoisotopic (exact) mass is 458 g/mol. The van der Waals surface area contributed by atoms with Crippen LogP contribution in [0.5, 0.6) is 5.75 Å². The Morgan fingerprint density at radius 1 is 0.848 bits per heavy atom. The van der Waals surface area contributed by atoms with Crippen LogP contribution in [0.15, 0.2) is 65.3 Å². The Morgan fingerprint density at radius 3 is 2.03 bits per heavy atom. The third-order valence-corrected chi connectivity index (χ3v) is 4.90. The van der Waals surface area contributed by atoms with E-state index in [0.29, 0.717) is 17.9 Å². The molecule has 4 nitrogen and oxygen atoms in total. The van der Waals surface area contributed by atoms with E-state index in [2.05, 4.69) is 5.10 Å². The molecule has 0 atom stereocenters. The van der Waals surface area contributed by atoms with Gasteiger partial charge in [0.05, 0.1) is 11.3 Å². The van der Waals surface area contributed by atoms with Gasteiger partial charge in [-0.05, 0) is 36.3 Å². The van der Waals surface area contributed by atoms with Gasteiger partial charge in [0.1, 0.15) is 18.0 Å². The Kier molecular flexibility index (Phi) is 5.95. The number of carbonyl (C=O) groups excluding carboxylic acids is 1. The van der Waals surface area contributed by atoms with Crippen LogP contribution in [0.3, 0.4) is 0 Å². The highest BCUT2D eigenvalue weighted by Crippen LogP contribution is 2.34. The van der Waals surface area contributed by atoms with E-state index in [1.807, 2.05) is 30.3 Å². The molecule has 9 heteroatoms. The number of benzene rings is 3. The van der Waals surface area contributed by atoms with E-state index in [9.17, 15) is 26.7 Å². The van der Waals surface area contributed by atoms with Crippen LogP contribution in [0.4, 0.5) is 27.6 Å².